The zero-order valence-electron chi connectivity index (χ0n) is 17.2. The molecule has 3 aromatic rings. The van der Waals surface area contributed by atoms with Gasteiger partial charge in [-0.3, -0.25) is 0 Å². The summed E-state index contributed by atoms with van der Waals surface area (Å²) < 4.78 is 22.3. The summed E-state index contributed by atoms with van der Waals surface area (Å²) in [4.78, 5) is 11.9. The van der Waals surface area contributed by atoms with Gasteiger partial charge in [-0.2, -0.15) is 0 Å². The van der Waals surface area contributed by atoms with Crippen LogP contribution in [-0.2, 0) is 0 Å². The summed E-state index contributed by atoms with van der Waals surface area (Å²) >= 11 is 0. The molecule has 9 nitrogen and oxygen atoms in total. The van der Waals surface area contributed by atoms with E-state index in [1.54, 1.807) is 6.07 Å². The average molecular weight is 422 g/mol. The van der Waals surface area contributed by atoms with E-state index in [0.29, 0.717) is 10.8 Å². The highest BCUT2D eigenvalue weighted by Gasteiger charge is 2.29. The monoisotopic (exact) mass is 422 g/mol. The maximum Gasteiger partial charge on any atom is 0.336 e. The van der Waals surface area contributed by atoms with Crippen LogP contribution in [0.4, 0.5) is 0 Å². The second-order valence-electron chi connectivity index (χ2n) is 8.28. The Balaban J connectivity index is 2.09. The van der Waals surface area contributed by atoms with Crippen molar-refractivity contribution in [2.24, 2.45) is 0 Å². The molecule has 1 aromatic carbocycles. The Kier molecular flexibility index (Phi) is 5.83. The Bertz CT molecular complexity index is 1080. The maximum atomic E-state index is 11.9. The van der Waals surface area contributed by atoms with E-state index in [1.165, 1.54) is 46.1 Å². The topological polar surface area (TPSA) is 143 Å². The van der Waals surface area contributed by atoms with E-state index < -0.39 is 29.0 Å². The number of hydrogen-bond acceptors (Lipinski definition) is 9. The van der Waals surface area contributed by atoms with Crippen LogP contribution in [0.1, 0.15) is 27.7 Å². The summed E-state index contributed by atoms with van der Waals surface area (Å²) in [6.07, 6.45) is -1.01. The summed E-state index contributed by atoms with van der Waals surface area (Å²) in [5.74, 6) is 0.345. The van der Waals surface area contributed by atoms with E-state index in [-0.39, 0.29) is 35.9 Å². The molecule has 0 saturated carbocycles. The molecular formula is C21H26O9. The summed E-state index contributed by atoms with van der Waals surface area (Å²) in [6.45, 7) is 5.27. The summed E-state index contributed by atoms with van der Waals surface area (Å²) in [5, 5.41) is 40.9. The van der Waals surface area contributed by atoms with Crippen molar-refractivity contribution in [3.8, 4) is 11.5 Å². The van der Waals surface area contributed by atoms with Crippen molar-refractivity contribution >= 4 is 21.9 Å². The fraction of sp³-hybridized carbons (Fsp3) is 0.476. The van der Waals surface area contributed by atoms with Gasteiger partial charge in [0.15, 0.2) is 11.2 Å². The summed E-state index contributed by atoms with van der Waals surface area (Å²) in [6, 6.07) is 4.31. The van der Waals surface area contributed by atoms with Gasteiger partial charge >= 0.3 is 5.63 Å². The molecule has 0 aliphatic rings. The minimum atomic E-state index is -1.41. The highest BCUT2D eigenvalue weighted by molar-refractivity contribution is 6.06. The normalized spacial score (nSPS) is 14.8. The van der Waals surface area contributed by atoms with E-state index in [4.69, 9.17) is 18.3 Å². The first-order chi connectivity index (χ1) is 13.9. The van der Waals surface area contributed by atoms with Crippen molar-refractivity contribution in [1.82, 2.24) is 0 Å². The predicted octanol–water partition coefficient (Wildman–Crippen LogP) is 1.56. The molecule has 9 heteroatoms. The first-order valence-electron chi connectivity index (χ1n) is 9.43. The van der Waals surface area contributed by atoms with Gasteiger partial charge in [0.05, 0.1) is 28.2 Å². The lowest BCUT2D eigenvalue weighted by Gasteiger charge is -2.25. The fourth-order valence-corrected chi connectivity index (χ4v) is 2.70. The van der Waals surface area contributed by atoms with Crippen LogP contribution >= 0.6 is 0 Å². The molecule has 0 amide bonds. The Hall–Kier alpha value is -2.59. The SMILES string of the molecule is CC(C)(O)C(O)COc1c2ccoc2c(OCC(O)C(C)(C)O)c2oc(=O)ccc12. The van der Waals surface area contributed by atoms with Crippen LogP contribution in [0.3, 0.4) is 0 Å². The summed E-state index contributed by atoms with van der Waals surface area (Å²) in [7, 11) is 0. The molecule has 0 saturated heterocycles. The lowest BCUT2D eigenvalue weighted by molar-refractivity contribution is -0.0663. The molecule has 0 radical (unpaired) electrons. The highest BCUT2D eigenvalue weighted by atomic mass is 16.5. The predicted molar refractivity (Wildman–Crippen MR) is 108 cm³/mol. The zero-order valence-corrected chi connectivity index (χ0v) is 17.2. The van der Waals surface area contributed by atoms with Gasteiger partial charge in [-0.15, -0.1) is 0 Å². The van der Waals surface area contributed by atoms with Gasteiger partial charge in [0, 0.05) is 6.07 Å². The maximum absolute atomic E-state index is 11.9. The number of aliphatic hydroxyl groups is 4. The fourth-order valence-electron chi connectivity index (χ4n) is 2.70. The molecule has 2 atom stereocenters. The summed E-state index contributed by atoms with van der Waals surface area (Å²) in [5.41, 5.74) is -3.19. The standard InChI is InChI=1S/C21H26O9/c1-20(2,25)13(22)9-28-16-11-5-6-15(24)30-18(11)19(17-12(16)7-8-27-17)29-10-14(23)21(3,4)26/h5-8,13-14,22-23,25-26H,9-10H2,1-4H3. The first-order valence-corrected chi connectivity index (χ1v) is 9.43. The molecule has 30 heavy (non-hydrogen) atoms. The van der Waals surface area contributed by atoms with E-state index in [2.05, 4.69) is 0 Å². The van der Waals surface area contributed by atoms with Gasteiger partial charge in [-0.05, 0) is 39.8 Å². The van der Waals surface area contributed by atoms with Crippen molar-refractivity contribution in [2.75, 3.05) is 13.2 Å². The molecule has 2 aromatic heterocycles. The van der Waals surface area contributed by atoms with Gasteiger partial charge in [0.2, 0.25) is 5.75 Å². The Morgan fingerprint density at radius 3 is 1.97 bits per heavy atom. The van der Waals surface area contributed by atoms with Crippen molar-refractivity contribution < 1.29 is 38.7 Å². The first kappa shape index (κ1) is 22.1. The lowest BCUT2D eigenvalue weighted by Crippen LogP contribution is -2.40. The van der Waals surface area contributed by atoms with Crippen LogP contribution in [0.5, 0.6) is 11.5 Å². The van der Waals surface area contributed by atoms with Crippen molar-refractivity contribution in [1.29, 1.82) is 0 Å². The Labute approximate surface area is 172 Å². The number of hydrogen-bond donors (Lipinski definition) is 4. The lowest BCUT2D eigenvalue weighted by atomic mass is 10.0. The third kappa shape index (κ3) is 4.44. The number of ether oxygens (including phenoxy) is 2. The van der Waals surface area contributed by atoms with Crippen molar-refractivity contribution in [2.45, 2.75) is 51.1 Å². The van der Waals surface area contributed by atoms with Gasteiger partial charge in [-0.1, -0.05) is 0 Å². The van der Waals surface area contributed by atoms with Crippen LogP contribution in [0.2, 0.25) is 0 Å². The van der Waals surface area contributed by atoms with Crippen LogP contribution < -0.4 is 15.1 Å². The van der Waals surface area contributed by atoms with Crippen molar-refractivity contribution in [3.63, 3.8) is 0 Å². The largest absolute Gasteiger partial charge is 0.489 e. The van der Waals surface area contributed by atoms with E-state index >= 15 is 0 Å². The molecule has 0 bridgehead atoms. The molecule has 0 aliphatic heterocycles. The smallest absolute Gasteiger partial charge is 0.336 e. The van der Waals surface area contributed by atoms with Gasteiger partial charge < -0.3 is 38.7 Å². The number of fused-ring (bicyclic) bond motifs is 2. The van der Waals surface area contributed by atoms with E-state index in [0.717, 1.165) is 0 Å². The van der Waals surface area contributed by atoms with E-state index in [9.17, 15) is 25.2 Å². The minimum Gasteiger partial charge on any atom is -0.489 e. The molecular weight excluding hydrogens is 396 g/mol. The van der Waals surface area contributed by atoms with Crippen LogP contribution in [0, 0.1) is 0 Å². The number of rotatable bonds is 8. The second kappa shape index (κ2) is 7.92. The van der Waals surface area contributed by atoms with Crippen LogP contribution in [-0.4, -0.2) is 57.0 Å². The molecule has 0 spiro atoms. The van der Waals surface area contributed by atoms with Gasteiger partial charge in [-0.25, -0.2) is 4.79 Å². The molecule has 0 fully saturated rings. The number of benzene rings is 1. The third-order valence-electron chi connectivity index (χ3n) is 4.80. The minimum absolute atomic E-state index is 0.0284. The second-order valence-corrected chi connectivity index (χ2v) is 8.28. The van der Waals surface area contributed by atoms with Gasteiger partial charge in [0.25, 0.3) is 0 Å². The third-order valence-corrected chi connectivity index (χ3v) is 4.80. The highest BCUT2D eigenvalue weighted by Crippen LogP contribution is 2.43. The molecule has 0 aliphatic carbocycles. The quantitative estimate of drug-likeness (QED) is 0.398. The molecule has 4 N–H and O–H groups in total. The Morgan fingerprint density at radius 2 is 1.40 bits per heavy atom. The number of aliphatic hydroxyl groups excluding tert-OH is 2. The van der Waals surface area contributed by atoms with Crippen molar-refractivity contribution in [3.05, 3.63) is 34.9 Å². The molecule has 2 heterocycles. The van der Waals surface area contributed by atoms with Crippen LogP contribution in [0.15, 0.2) is 38.1 Å². The average Bonchev–Trinajstić information content (AvgIpc) is 3.11. The van der Waals surface area contributed by atoms with Gasteiger partial charge in [0.1, 0.15) is 31.2 Å². The molecule has 3 rings (SSSR count). The number of furan rings is 1. The molecule has 164 valence electrons. The Morgan fingerprint density at radius 1 is 0.867 bits per heavy atom. The molecule has 2 unspecified atom stereocenters. The van der Waals surface area contributed by atoms with E-state index in [1.807, 2.05) is 0 Å². The zero-order chi connectivity index (χ0) is 22.3. The van der Waals surface area contributed by atoms with Crippen LogP contribution in [0.25, 0.3) is 21.9 Å².